The lowest BCUT2D eigenvalue weighted by Gasteiger charge is -2.34. The Morgan fingerprint density at radius 2 is 1.83 bits per heavy atom. The van der Waals surface area contributed by atoms with E-state index in [0.717, 1.165) is 43.7 Å². The second kappa shape index (κ2) is 7.49. The number of piperazine rings is 1. The summed E-state index contributed by atoms with van der Waals surface area (Å²) in [6, 6.07) is 8.66. The molecule has 0 N–H and O–H groups in total. The Morgan fingerprint density at radius 3 is 2.42 bits per heavy atom. The molecule has 0 spiro atoms. The summed E-state index contributed by atoms with van der Waals surface area (Å²) >= 11 is 3.45. The second-order valence-electron chi connectivity index (χ2n) is 6.24. The number of benzene rings is 1. The number of hydrogen-bond donors (Lipinski definition) is 0. The maximum Gasteiger partial charge on any atom is 0.275 e. The first kappa shape index (κ1) is 17.2. The van der Waals surface area contributed by atoms with Crippen LogP contribution in [0.1, 0.15) is 28.5 Å². The van der Waals surface area contributed by atoms with Crippen LogP contribution >= 0.6 is 15.9 Å². The highest BCUT2D eigenvalue weighted by Gasteiger charge is 2.25. The van der Waals surface area contributed by atoms with Crippen LogP contribution in [0.2, 0.25) is 0 Å². The molecule has 0 unspecified atom stereocenters. The van der Waals surface area contributed by atoms with Crippen molar-refractivity contribution < 1.29 is 4.79 Å². The van der Waals surface area contributed by atoms with E-state index in [1.165, 1.54) is 11.1 Å². The number of carbonyl (C=O) groups is 1. The van der Waals surface area contributed by atoms with Crippen molar-refractivity contribution in [1.29, 1.82) is 0 Å². The molecule has 3 rings (SSSR count). The Labute approximate surface area is 151 Å². The molecule has 5 nitrogen and oxygen atoms in total. The van der Waals surface area contributed by atoms with Crippen molar-refractivity contribution in [3.05, 3.63) is 51.8 Å². The third kappa shape index (κ3) is 3.87. The van der Waals surface area contributed by atoms with Gasteiger partial charge in [0.2, 0.25) is 0 Å². The maximum atomic E-state index is 12.7. The van der Waals surface area contributed by atoms with Gasteiger partial charge in [-0.25, -0.2) is 0 Å². The van der Waals surface area contributed by atoms with E-state index in [-0.39, 0.29) is 5.91 Å². The SMILES string of the molecule is CCn1cc(Br)c(C(=O)N2CCN(Cc3ccc(C)cc3)CC2)n1. The average Bonchev–Trinajstić information content (AvgIpc) is 2.98. The van der Waals surface area contributed by atoms with E-state index in [2.05, 4.69) is 57.1 Å². The number of hydrogen-bond acceptors (Lipinski definition) is 3. The van der Waals surface area contributed by atoms with Crippen LogP contribution in [0, 0.1) is 6.92 Å². The van der Waals surface area contributed by atoms with Crippen molar-refractivity contribution in [3.63, 3.8) is 0 Å². The number of carbonyl (C=O) groups excluding carboxylic acids is 1. The van der Waals surface area contributed by atoms with Crippen molar-refractivity contribution >= 4 is 21.8 Å². The van der Waals surface area contributed by atoms with Crippen LogP contribution in [0.3, 0.4) is 0 Å². The molecule has 1 aromatic heterocycles. The molecule has 1 saturated heterocycles. The zero-order valence-corrected chi connectivity index (χ0v) is 15.8. The van der Waals surface area contributed by atoms with Crippen molar-refractivity contribution in [2.45, 2.75) is 26.9 Å². The summed E-state index contributed by atoms with van der Waals surface area (Å²) in [5, 5.41) is 4.36. The van der Waals surface area contributed by atoms with Gasteiger partial charge in [-0.3, -0.25) is 14.4 Å². The predicted molar refractivity (Wildman–Crippen MR) is 98.0 cm³/mol. The number of rotatable bonds is 4. The molecule has 0 saturated carbocycles. The molecule has 128 valence electrons. The van der Waals surface area contributed by atoms with Crippen molar-refractivity contribution in [2.75, 3.05) is 26.2 Å². The Balaban J connectivity index is 1.57. The molecule has 2 aromatic rings. The molecule has 1 amide bonds. The lowest BCUT2D eigenvalue weighted by molar-refractivity contribution is 0.0621. The number of nitrogens with zero attached hydrogens (tertiary/aromatic N) is 4. The summed E-state index contributed by atoms with van der Waals surface area (Å²) in [6.45, 7) is 9.10. The van der Waals surface area contributed by atoms with Crippen molar-refractivity contribution in [1.82, 2.24) is 19.6 Å². The fraction of sp³-hybridized carbons (Fsp3) is 0.444. The van der Waals surface area contributed by atoms with Crippen LogP contribution in [0.25, 0.3) is 0 Å². The zero-order chi connectivity index (χ0) is 17.1. The summed E-state index contributed by atoms with van der Waals surface area (Å²) < 4.78 is 2.56. The number of halogens is 1. The van der Waals surface area contributed by atoms with Gasteiger partial charge in [0.1, 0.15) is 0 Å². The third-order valence-corrected chi connectivity index (χ3v) is 5.01. The topological polar surface area (TPSA) is 41.4 Å². The van der Waals surface area contributed by atoms with E-state index >= 15 is 0 Å². The smallest absolute Gasteiger partial charge is 0.275 e. The average molecular weight is 391 g/mol. The van der Waals surface area contributed by atoms with Crippen LogP contribution in [0.15, 0.2) is 34.9 Å². The molecule has 0 bridgehead atoms. The molecule has 6 heteroatoms. The first-order valence-corrected chi connectivity index (χ1v) is 9.16. The van der Waals surface area contributed by atoms with Gasteiger partial charge < -0.3 is 4.90 Å². The Kier molecular flexibility index (Phi) is 5.36. The molecule has 1 fully saturated rings. The minimum absolute atomic E-state index is 0.0176. The largest absolute Gasteiger partial charge is 0.335 e. The lowest BCUT2D eigenvalue weighted by Crippen LogP contribution is -2.48. The molecule has 1 aromatic carbocycles. The molecule has 1 aliphatic heterocycles. The van der Waals surface area contributed by atoms with E-state index in [1.807, 2.05) is 18.0 Å². The van der Waals surface area contributed by atoms with Crippen LogP contribution in [0.4, 0.5) is 0 Å². The summed E-state index contributed by atoms with van der Waals surface area (Å²) in [7, 11) is 0. The van der Waals surface area contributed by atoms with E-state index in [9.17, 15) is 4.79 Å². The number of aromatic nitrogens is 2. The van der Waals surface area contributed by atoms with Gasteiger partial charge in [0.15, 0.2) is 5.69 Å². The monoisotopic (exact) mass is 390 g/mol. The number of aryl methyl sites for hydroxylation is 2. The van der Waals surface area contributed by atoms with Gasteiger partial charge in [-0.2, -0.15) is 5.10 Å². The normalized spacial score (nSPS) is 15.7. The highest BCUT2D eigenvalue weighted by atomic mass is 79.9. The predicted octanol–water partition coefficient (Wildman–Crippen LogP) is 2.93. The Bertz CT molecular complexity index is 702. The quantitative estimate of drug-likeness (QED) is 0.805. The summed E-state index contributed by atoms with van der Waals surface area (Å²) in [5.74, 6) is 0.0176. The molecular weight excluding hydrogens is 368 g/mol. The standard InChI is InChI=1S/C18H23BrN4O/c1-3-23-13-16(19)17(20-23)18(24)22-10-8-21(9-11-22)12-15-6-4-14(2)5-7-15/h4-7,13H,3,8-12H2,1-2H3. The zero-order valence-electron chi connectivity index (χ0n) is 14.2. The minimum atomic E-state index is 0.0176. The van der Waals surface area contributed by atoms with Crippen molar-refractivity contribution in [2.24, 2.45) is 0 Å². The van der Waals surface area contributed by atoms with E-state index in [0.29, 0.717) is 5.69 Å². The second-order valence-corrected chi connectivity index (χ2v) is 7.09. The van der Waals surface area contributed by atoms with E-state index in [1.54, 1.807) is 4.68 Å². The van der Waals surface area contributed by atoms with Crippen LogP contribution in [-0.4, -0.2) is 51.7 Å². The summed E-state index contributed by atoms with van der Waals surface area (Å²) in [6.07, 6.45) is 1.86. The number of amides is 1. The van der Waals surface area contributed by atoms with Gasteiger partial charge in [-0.1, -0.05) is 29.8 Å². The minimum Gasteiger partial charge on any atom is -0.335 e. The first-order chi connectivity index (χ1) is 11.6. The van der Waals surface area contributed by atoms with Crippen LogP contribution in [0.5, 0.6) is 0 Å². The maximum absolute atomic E-state index is 12.7. The van der Waals surface area contributed by atoms with Gasteiger partial charge in [0.25, 0.3) is 5.91 Å². The van der Waals surface area contributed by atoms with E-state index in [4.69, 9.17) is 0 Å². The van der Waals surface area contributed by atoms with Gasteiger partial charge in [0.05, 0.1) is 4.47 Å². The van der Waals surface area contributed by atoms with Gasteiger partial charge >= 0.3 is 0 Å². The fourth-order valence-electron chi connectivity index (χ4n) is 2.91. The Hall–Kier alpha value is -1.66. The molecule has 1 aliphatic rings. The third-order valence-electron chi connectivity index (χ3n) is 4.43. The molecule has 0 atom stereocenters. The van der Waals surface area contributed by atoms with E-state index < -0.39 is 0 Å². The highest BCUT2D eigenvalue weighted by Crippen LogP contribution is 2.18. The summed E-state index contributed by atoms with van der Waals surface area (Å²) in [5.41, 5.74) is 3.12. The van der Waals surface area contributed by atoms with Gasteiger partial charge in [0, 0.05) is 45.5 Å². The highest BCUT2D eigenvalue weighted by molar-refractivity contribution is 9.10. The van der Waals surface area contributed by atoms with Crippen LogP contribution in [-0.2, 0) is 13.1 Å². The first-order valence-electron chi connectivity index (χ1n) is 8.37. The molecule has 0 aliphatic carbocycles. The van der Waals surface area contributed by atoms with Crippen molar-refractivity contribution in [3.8, 4) is 0 Å². The molecule has 0 radical (unpaired) electrons. The molecular formula is C18H23BrN4O. The van der Waals surface area contributed by atoms with Crippen LogP contribution < -0.4 is 0 Å². The molecule has 24 heavy (non-hydrogen) atoms. The van der Waals surface area contributed by atoms with Gasteiger partial charge in [-0.15, -0.1) is 0 Å². The lowest BCUT2D eigenvalue weighted by atomic mass is 10.1. The fourth-order valence-corrected chi connectivity index (χ4v) is 3.40. The Morgan fingerprint density at radius 1 is 1.17 bits per heavy atom. The summed E-state index contributed by atoms with van der Waals surface area (Å²) in [4.78, 5) is 17.0. The van der Waals surface area contributed by atoms with Gasteiger partial charge in [-0.05, 0) is 35.3 Å². The molecule has 2 heterocycles.